The molecule has 7 rings (SSSR count). The second kappa shape index (κ2) is 31.9. The molecule has 0 aromatic heterocycles. The smallest absolute Gasteiger partial charge is 1.00 e. The standard InChI is InChI=1S/C27H25NO4S.C20H21NO3S.CH2O3.CH4O.2K.H/c1-32-26(30)23-17-22(33-27(31)21-15-9-4-10-16-21)18-28(23)25(29)24(19-11-5-2-6-12-19)20-13-7-3-8-14-20;1-24-20(23)17-12-16(25)13-21(17)19(22)18(14-8-4-2-5-9-14)15-10-6-3-7-11-15;2-1-4-3;1-2;;;/h2-16,22-24H,17-18H2,1H3;2-11,16-18,25H,12-13H2,1H3;1,3H;2H,1H3;;;/q;;;;2*+1;-1/p-1/t22-,23-;16-,17-;;;;;/m00...../s1. The number of hydrogen-bond donors (Lipinski definition) is 2. The van der Waals surface area contributed by atoms with Crippen molar-refractivity contribution in [1.29, 1.82) is 0 Å². The van der Waals surface area contributed by atoms with Gasteiger partial charge in [-0.25, -0.2) is 9.59 Å². The van der Waals surface area contributed by atoms with Crippen molar-refractivity contribution in [2.24, 2.45) is 0 Å². The van der Waals surface area contributed by atoms with Gasteiger partial charge in [-0.1, -0.05) is 163 Å². The minimum Gasteiger partial charge on any atom is -1.00 e. The maximum absolute atomic E-state index is 13.9. The molecule has 2 aliphatic rings. The summed E-state index contributed by atoms with van der Waals surface area (Å²) in [5.41, 5.74) is 4.13. The van der Waals surface area contributed by atoms with Crippen LogP contribution in [0.3, 0.4) is 0 Å². The van der Waals surface area contributed by atoms with Crippen LogP contribution in [0.5, 0.6) is 0 Å². The van der Waals surface area contributed by atoms with Gasteiger partial charge < -0.3 is 36.0 Å². The molecule has 2 amide bonds. The number of likely N-dealkylation sites (tertiary alicyclic amines) is 2. The monoisotopic (exact) mass is 986 g/mol. The van der Waals surface area contributed by atoms with Crippen LogP contribution in [0.15, 0.2) is 152 Å². The molecule has 1 N–H and O–H groups in total. The van der Waals surface area contributed by atoms with Gasteiger partial charge in [-0.15, -0.1) is 0 Å². The van der Waals surface area contributed by atoms with Gasteiger partial charge in [0.15, 0.2) is 0 Å². The molecule has 0 saturated carbocycles. The van der Waals surface area contributed by atoms with Gasteiger partial charge in [-0.3, -0.25) is 19.2 Å². The maximum Gasteiger partial charge on any atom is 1.00 e. The number of thioether (sulfide) groups is 1. The number of nitrogens with zero attached hydrogens (tertiary/aromatic N) is 2. The molecule has 5 aromatic carbocycles. The van der Waals surface area contributed by atoms with E-state index in [-0.39, 0.29) is 144 Å². The van der Waals surface area contributed by atoms with Gasteiger partial charge in [0, 0.05) is 36.3 Å². The molecule has 0 unspecified atom stereocenters. The average molecular weight is 987 g/mol. The van der Waals surface area contributed by atoms with E-state index in [9.17, 15) is 24.0 Å². The van der Waals surface area contributed by atoms with E-state index in [0.29, 0.717) is 31.5 Å². The molecule has 13 nitrogen and oxygen atoms in total. The zero-order chi connectivity index (χ0) is 46.4. The van der Waals surface area contributed by atoms with E-state index in [2.05, 4.69) is 17.5 Å². The molecule has 5 aromatic rings. The van der Waals surface area contributed by atoms with Crippen molar-refractivity contribution in [1.82, 2.24) is 9.80 Å². The van der Waals surface area contributed by atoms with Gasteiger partial charge >= 0.3 is 115 Å². The summed E-state index contributed by atoms with van der Waals surface area (Å²) in [6.45, 7) is 0.565. The quantitative estimate of drug-likeness (QED) is 0.0438. The van der Waals surface area contributed by atoms with Crippen LogP contribution in [-0.2, 0) is 38.3 Å². The predicted octanol–water partition coefficient (Wildman–Crippen LogP) is -0.411. The summed E-state index contributed by atoms with van der Waals surface area (Å²) in [4.78, 5) is 79.2. The number of aliphatic hydroxyl groups is 1. The first-order chi connectivity index (χ1) is 31.1. The molecular weight excluding hydrogens is 935 g/mol. The first kappa shape index (κ1) is 59.1. The summed E-state index contributed by atoms with van der Waals surface area (Å²) in [5, 5.41) is 15.1. The summed E-state index contributed by atoms with van der Waals surface area (Å²) in [6, 6.07) is 46.1. The SMILES string of the molecule is CO.COC(=O)[C@@H]1C[C@H](S)CN1C(=O)C(c1ccccc1)c1ccccc1.COC(=O)[C@@H]1C[C@H](SC(=O)c2ccccc2)CN1C(=O)C(c1ccccc1)c1ccccc1.O=CO[O-].[H-].[K+].[K+]. The minimum atomic E-state index is -0.724. The Morgan fingerprint density at radius 2 is 0.939 bits per heavy atom. The Balaban J connectivity index is 0.000000591. The van der Waals surface area contributed by atoms with Crippen molar-refractivity contribution >= 4 is 59.7 Å². The summed E-state index contributed by atoms with van der Waals surface area (Å²) in [5.74, 6) is -2.10. The van der Waals surface area contributed by atoms with Crippen LogP contribution >= 0.6 is 24.4 Å². The number of carbonyl (C=O) groups excluding carboxylic acids is 6. The van der Waals surface area contributed by atoms with E-state index in [1.54, 1.807) is 21.9 Å². The van der Waals surface area contributed by atoms with Crippen molar-refractivity contribution in [2.75, 3.05) is 34.4 Å². The molecule has 0 bridgehead atoms. The molecule has 2 saturated heterocycles. The molecule has 0 radical (unpaired) electrons. The van der Waals surface area contributed by atoms with Gasteiger partial charge in [0.05, 0.1) is 26.1 Å². The first-order valence-electron chi connectivity index (χ1n) is 20.2. The third-order valence-electron chi connectivity index (χ3n) is 10.4. The van der Waals surface area contributed by atoms with Crippen LogP contribution < -0.4 is 108 Å². The fraction of sp³-hybridized carbons (Fsp3) is 0.265. The number of esters is 2. The third kappa shape index (κ3) is 16.9. The first-order valence-corrected chi connectivity index (χ1v) is 21.6. The Kier molecular flexibility index (Phi) is 28.6. The fourth-order valence-corrected chi connectivity index (χ4v) is 9.03. The summed E-state index contributed by atoms with van der Waals surface area (Å²) < 4.78 is 9.90. The second-order valence-corrected chi connectivity index (χ2v) is 16.3. The number of carbonyl (C=O) groups is 6. The number of thiol groups is 1. The Morgan fingerprint density at radius 1 is 0.621 bits per heavy atom. The molecule has 338 valence electrons. The van der Waals surface area contributed by atoms with E-state index < -0.39 is 29.9 Å². The second-order valence-electron chi connectivity index (χ2n) is 14.3. The van der Waals surface area contributed by atoms with Gasteiger partial charge in [0.2, 0.25) is 16.9 Å². The number of amides is 2. The maximum atomic E-state index is 13.9. The Labute approximate surface area is 482 Å². The van der Waals surface area contributed by atoms with Crippen molar-refractivity contribution in [3.8, 4) is 0 Å². The van der Waals surface area contributed by atoms with Crippen LogP contribution in [0.25, 0.3) is 0 Å². The number of hydrogen-bond acceptors (Lipinski definition) is 13. The molecule has 0 spiro atoms. The molecule has 2 heterocycles. The minimum absolute atomic E-state index is 0. The van der Waals surface area contributed by atoms with E-state index in [0.717, 1.165) is 29.4 Å². The van der Waals surface area contributed by atoms with Crippen molar-refractivity contribution in [3.63, 3.8) is 0 Å². The zero-order valence-electron chi connectivity index (χ0n) is 38.6. The largest absolute Gasteiger partial charge is 1.00 e. The Morgan fingerprint density at radius 3 is 1.27 bits per heavy atom. The molecule has 2 aliphatic heterocycles. The van der Waals surface area contributed by atoms with E-state index in [1.165, 1.54) is 26.0 Å². The predicted molar refractivity (Wildman–Crippen MR) is 245 cm³/mol. The molecule has 0 aliphatic carbocycles. The average Bonchev–Trinajstić information content (AvgIpc) is 3.97. The molecule has 2 fully saturated rings. The molecule has 17 heteroatoms. The van der Waals surface area contributed by atoms with E-state index in [1.807, 2.05) is 140 Å². The fourth-order valence-electron chi connectivity index (χ4n) is 7.57. The third-order valence-corrected chi connectivity index (χ3v) is 11.9. The van der Waals surface area contributed by atoms with Gasteiger partial charge in [-0.05, 0) is 35.1 Å². The number of methoxy groups -OCH3 is 2. The Hall–Kier alpha value is -2.99. The van der Waals surface area contributed by atoms with Crippen molar-refractivity contribution in [3.05, 3.63) is 179 Å². The zero-order valence-corrected chi connectivity index (χ0v) is 45.5. The number of ether oxygens (including phenoxy) is 2. The topological polar surface area (TPSA) is 180 Å². The van der Waals surface area contributed by atoms with Crippen LogP contribution in [0.4, 0.5) is 0 Å². The molecular formula is C49H52K2N2O11S2. The van der Waals surface area contributed by atoms with Crippen LogP contribution in [0, 0.1) is 0 Å². The summed E-state index contributed by atoms with van der Waals surface area (Å²) in [6.07, 6.45) is 0.885. The normalized spacial score (nSPS) is 16.8. The van der Waals surface area contributed by atoms with E-state index >= 15 is 0 Å². The molecule has 66 heavy (non-hydrogen) atoms. The number of aliphatic hydroxyl groups excluding tert-OH is 1. The van der Waals surface area contributed by atoms with Crippen LogP contribution in [0.2, 0.25) is 0 Å². The number of benzene rings is 5. The van der Waals surface area contributed by atoms with Crippen molar-refractivity contribution < 1.29 is 158 Å². The van der Waals surface area contributed by atoms with Gasteiger partial charge in [-0.2, -0.15) is 12.6 Å². The van der Waals surface area contributed by atoms with E-state index in [4.69, 9.17) is 24.6 Å². The molecule has 4 atom stereocenters. The summed E-state index contributed by atoms with van der Waals surface area (Å²) >= 11 is 5.66. The van der Waals surface area contributed by atoms with Crippen molar-refractivity contribution in [2.45, 2.75) is 47.3 Å². The van der Waals surface area contributed by atoms with Gasteiger partial charge in [0.1, 0.15) is 12.1 Å². The van der Waals surface area contributed by atoms with Crippen LogP contribution in [0.1, 0.15) is 58.7 Å². The Bertz CT molecular complexity index is 2160. The number of rotatable bonds is 11. The van der Waals surface area contributed by atoms with Crippen LogP contribution in [-0.4, -0.2) is 107 Å². The van der Waals surface area contributed by atoms with Gasteiger partial charge in [0.25, 0.3) is 6.47 Å². The summed E-state index contributed by atoms with van der Waals surface area (Å²) in [7, 11) is 3.68.